The van der Waals surface area contributed by atoms with E-state index >= 15 is 0 Å². The Hall–Kier alpha value is -1.75. The Labute approximate surface area is 126 Å². The predicted octanol–water partition coefficient (Wildman–Crippen LogP) is 1.90. The lowest BCUT2D eigenvalue weighted by Gasteiger charge is -2.38. The van der Waals surface area contributed by atoms with Gasteiger partial charge in [0.1, 0.15) is 11.5 Å². The first-order valence-corrected chi connectivity index (χ1v) is 7.24. The van der Waals surface area contributed by atoms with Gasteiger partial charge in [-0.1, -0.05) is 6.92 Å². The van der Waals surface area contributed by atoms with E-state index < -0.39 is 0 Å². The molecule has 1 saturated heterocycles. The van der Waals surface area contributed by atoms with E-state index in [4.69, 9.17) is 15.2 Å². The Balaban J connectivity index is 2.14. The fourth-order valence-corrected chi connectivity index (χ4v) is 2.57. The van der Waals surface area contributed by atoms with Crippen molar-refractivity contribution in [1.82, 2.24) is 4.90 Å². The van der Waals surface area contributed by atoms with Gasteiger partial charge < -0.3 is 20.1 Å². The summed E-state index contributed by atoms with van der Waals surface area (Å²) in [4.78, 5) is 14.5. The van der Waals surface area contributed by atoms with E-state index in [1.807, 2.05) is 4.90 Å². The molecule has 1 aliphatic heterocycles. The molecule has 1 aliphatic rings. The van der Waals surface area contributed by atoms with Crippen molar-refractivity contribution in [1.29, 1.82) is 0 Å². The molecule has 1 aromatic rings. The number of benzene rings is 1. The van der Waals surface area contributed by atoms with Crippen molar-refractivity contribution in [2.45, 2.75) is 19.8 Å². The van der Waals surface area contributed by atoms with Crippen molar-refractivity contribution < 1.29 is 14.3 Å². The van der Waals surface area contributed by atoms with Crippen LogP contribution in [-0.4, -0.2) is 44.7 Å². The van der Waals surface area contributed by atoms with Crippen molar-refractivity contribution in [2.24, 2.45) is 11.1 Å². The van der Waals surface area contributed by atoms with Crippen molar-refractivity contribution in [2.75, 3.05) is 33.9 Å². The first-order chi connectivity index (χ1) is 10.0. The molecule has 5 heteroatoms. The Bertz CT molecular complexity index is 486. The van der Waals surface area contributed by atoms with Gasteiger partial charge in [-0.3, -0.25) is 4.79 Å². The molecule has 1 heterocycles. The minimum atomic E-state index is 0.0197. The van der Waals surface area contributed by atoms with E-state index in [1.165, 1.54) is 0 Å². The number of rotatable bonds is 4. The van der Waals surface area contributed by atoms with Crippen LogP contribution < -0.4 is 15.2 Å². The third kappa shape index (κ3) is 3.47. The zero-order chi connectivity index (χ0) is 15.5. The number of nitrogens with zero attached hydrogens (tertiary/aromatic N) is 1. The highest BCUT2D eigenvalue weighted by molar-refractivity contribution is 5.95. The van der Waals surface area contributed by atoms with Gasteiger partial charge in [0.05, 0.1) is 14.2 Å². The summed E-state index contributed by atoms with van der Waals surface area (Å²) < 4.78 is 10.4. The van der Waals surface area contributed by atoms with Crippen molar-refractivity contribution in [3.63, 3.8) is 0 Å². The quantitative estimate of drug-likeness (QED) is 0.920. The van der Waals surface area contributed by atoms with Gasteiger partial charge in [0, 0.05) is 24.7 Å². The average Bonchev–Trinajstić information content (AvgIpc) is 2.54. The molecule has 0 atom stereocenters. The lowest BCUT2D eigenvalue weighted by atomic mass is 9.80. The first-order valence-electron chi connectivity index (χ1n) is 7.24. The van der Waals surface area contributed by atoms with Crippen molar-refractivity contribution in [3.8, 4) is 11.5 Å². The number of likely N-dealkylation sites (tertiary alicyclic amines) is 1. The standard InChI is InChI=1S/C16H24N2O3/c1-16(11-17)4-6-18(7-5-16)15(19)12-8-13(20-2)10-14(9-12)21-3/h8-10H,4-7,11,17H2,1-3H3. The number of methoxy groups -OCH3 is 2. The Morgan fingerprint density at radius 2 is 1.71 bits per heavy atom. The number of ether oxygens (including phenoxy) is 2. The number of nitrogens with two attached hydrogens (primary N) is 1. The van der Waals surface area contributed by atoms with Crippen LogP contribution in [0.5, 0.6) is 11.5 Å². The van der Waals surface area contributed by atoms with Gasteiger partial charge in [0.15, 0.2) is 0 Å². The van der Waals surface area contributed by atoms with Crippen molar-refractivity contribution >= 4 is 5.91 Å². The SMILES string of the molecule is COc1cc(OC)cc(C(=O)N2CCC(C)(CN)CC2)c1. The van der Waals surface area contributed by atoms with Crippen LogP contribution in [0.25, 0.3) is 0 Å². The zero-order valence-corrected chi connectivity index (χ0v) is 13.0. The predicted molar refractivity (Wildman–Crippen MR) is 81.8 cm³/mol. The molecule has 0 aliphatic carbocycles. The number of hydrogen-bond acceptors (Lipinski definition) is 4. The van der Waals surface area contributed by atoms with Crippen LogP contribution in [0.2, 0.25) is 0 Å². The van der Waals surface area contributed by atoms with E-state index in [1.54, 1.807) is 32.4 Å². The maximum absolute atomic E-state index is 12.6. The first kappa shape index (κ1) is 15.6. The molecule has 1 aromatic carbocycles. The average molecular weight is 292 g/mol. The maximum atomic E-state index is 12.6. The lowest BCUT2D eigenvalue weighted by molar-refractivity contribution is 0.0617. The third-order valence-corrected chi connectivity index (χ3v) is 4.35. The molecule has 0 spiro atoms. The van der Waals surface area contributed by atoms with Crippen LogP contribution in [0.4, 0.5) is 0 Å². The summed E-state index contributed by atoms with van der Waals surface area (Å²) in [6, 6.07) is 5.27. The van der Waals surface area contributed by atoms with Crippen LogP contribution in [-0.2, 0) is 0 Å². The molecular formula is C16H24N2O3. The van der Waals surface area contributed by atoms with E-state index in [0.29, 0.717) is 23.6 Å². The molecule has 1 fully saturated rings. The van der Waals surface area contributed by atoms with Crippen LogP contribution >= 0.6 is 0 Å². The summed E-state index contributed by atoms with van der Waals surface area (Å²) in [5.41, 5.74) is 6.56. The maximum Gasteiger partial charge on any atom is 0.254 e. The lowest BCUT2D eigenvalue weighted by Crippen LogP contribution is -2.44. The van der Waals surface area contributed by atoms with Gasteiger partial charge in [0.25, 0.3) is 5.91 Å². The molecule has 0 aromatic heterocycles. The molecule has 116 valence electrons. The molecule has 0 saturated carbocycles. The second kappa shape index (κ2) is 6.35. The summed E-state index contributed by atoms with van der Waals surface area (Å²) in [5.74, 6) is 1.27. The number of amides is 1. The normalized spacial score (nSPS) is 17.4. The third-order valence-electron chi connectivity index (χ3n) is 4.35. The molecule has 2 N–H and O–H groups in total. The largest absolute Gasteiger partial charge is 0.497 e. The molecule has 21 heavy (non-hydrogen) atoms. The fourth-order valence-electron chi connectivity index (χ4n) is 2.57. The number of hydrogen-bond donors (Lipinski definition) is 1. The summed E-state index contributed by atoms with van der Waals surface area (Å²) in [5, 5.41) is 0. The topological polar surface area (TPSA) is 64.8 Å². The van der Waals surface area contributed by atoms with E-state index in [-0.39, 0.29) is 11.3 Å². The van der Waals surface area contributed by atoms with Crippen LogP contribution in [0.15, 0.2) is 18.2 Å². The molecule has 2 rings (SSSR count). The highest BCUT2D eigenvalue weighted by atomic mass is 16.5. The summed E-state index contributed by atoms with van der Waals surface area (Å²) in [6.07, 6.45) is 1.88. The van der Waals surface area contributed by atoms with Gasteiger partial charge in [-0.05, 0) is 36.9 Å². The Morgan fingerprint density at radius 1 is 1.19 bits per heavy atom. The monoisotopic (exact) mass is 292 g/mol. The van der Waals surface area contributed by atoms with Crippen LogP contribution in [0.3, 0.4) is 0 Å². The van der Waals surface area contributed by atoms with E-state index in [9.17, 15) is 4.79 Å². The van der Waals surface area contributed by atoms with E-state index in [2.05, 4.69) is 6.92 Å². The zero-order valence-electron chi connectivity index (χ0n) is 13.0. The summed E-state index contributed by atoms with van der Waals surface area (Å²) in [6.45, 7) is 4.34. The molecule has 1 amide bonds. The smallest absolute Gasteiger partial charge is 0.254 e. The van der Waals surface area contributed by atoms with Gasteiger partial charge in [-0.15, -0.1) is 0 Å². The molecular weight excluding hydrogens is 268 g/mol. The summed E-state index contributed by atoms with van der Waals surface area (Å²) >= 11 is 0. The second-order valence-electron chi connectivity index (χ2n) is 5.91. The fraction of sp³-hybridized carbons (Fsp3) is 0.562. The number of carbonyl (C=O) groups excluding carboxylic acids is 1. The summed E-state index contributed by atoms with van der Waals surface area (Å²) in [7, 11) is 3.16. The molecule has 0 unspecified atom stereocenters. The molecule has 0 bridgehead atoms. The van der Waals surface area contributed by atoms with E-state index in [0.717, 1.165) is 25.9 Å². The van der Waals surface area contributed by atoms with Crippen molar-refractivity contribution in [3.05, 3.63) is 23.8 Å². The molecule has 5 nitrogen and oxygen atoms in total. The number of piperidine rings is 1. The Morgan fingerprint density at radius 3 is 2.14 bits per heavy atom. The highest BCUT2D eigenvalue weighted by Crippen LogP contribution is 2.31. The number of carbonyl (C=O) groups is 1. The van der Waals surface area contributed by atoms with Gasteiger partial charge >= 0.3 is 0 Å². The molecule has 0 radical (unpaired) electrons. The highest BCUT2D eigenvalue weighted by Gasteiger charge is 2.31. The Kier molecular flexibility index (Phi) is 4.73. The van der Waals surface area contributed by atoms with Crippen LogP contribution in [0, 0.1) is 5.41 Å². The minimum Gasteiger partial charge on any atom is -0.497 e. The van der Waals surface area contributed by atoms with Gasteiger partial charge in [-0.25, -0.2) is 0 Å². The van der Waals surface area contributed by atoms with Gasteiger partial charge in [0.2, 0.25) is 0 Å². The van der Waals surface area contributed by atoms with Gasteiger partial charge in [-0.2, -0.15) is 0 Å². The van der Waals surface area contributed by atoms with Crippen LogP contribution in [0.1, 0.15) is 30.1 Å². The minimum absolute atomic E-state index is 0.0197. The second-order valence-corrected chi connectivity index (χ2v) is 5.91.